The van der Waals surface area contributed by atoms with Gasteiger partial charge >= 0.3 is 18.1 Å². The molecule has 0 saturated heterocycles. The second-order valence-corrected chi connectivity index (χ2v) is 3.30. The molecule has 0 unspecified atom stereocenters. The van der Waals surface area contributed by atoms with Crippen LogP contribution >= 0.6 is 0 Å². The lowest BCUT2D eigenvalue weighted by molar-refractivity contribution is -0.361. The Morgan fingerprint density at radius 2 is 1.74 bits per heavy atom. The molecule has 0 atom stereocenters. The van der Waals surface area contributed by atoms with Gasteiger partial charge in [0.05, 0.1) is 6.21 Å². The number of hydrazone groups is 1. The molecule has 0 saturated carbocycles. The van der Waals surface area contributed by atoms with Gasteiger partial charge in [0.1, 0.15) is 0 Å². The molecule has 1 heterocycles. The average Bonchev–Trinajstić information content (AvgIpc) is 2.28. The van der Waals surface area contributed by atoms with Crippen LogP contribution in [-0.2, 0) is 0 Å². The van der Waals surface area contributed by atoms with E-state index in [0.29, 0.717) is 11.6 Å². The highest BCUT2D eigenvalue weighted by Gasteiger charge is 2.73. The highest BCUT2D eigenvalue weighted by Crippen LogP contribution is 2.44. The van der Waals surface area contributed by atoms with Crippen LogP contribution in [0, 0.1) is 0 Å². The number of hydrogen-bond acceptors (Lipinski definition) is 3. The maximum Gasteiger partial charge on any atom is 0.462 e. The lowest BCUT2D eigenvalue weighted by Crippen LogP contribution is -2.58. The van der Waals surface area contributed by atoms with Gasteiger partial charge in [-0.3, -0.25) is 4.98 Å². The Bertz CT molecular complexity index is 441. The Labute approximate surface area is 102 Å². The van der Waals surface area contributed by atoms with Crippen molar-refractivity contribution in [2.75, 3.05) is 0 Å². The standard InChI is InChI=1S/C9H6F7N3/c10-7(11,8(12,13)14)9(15,16)19-18-5-6-2-1-3-17-4-6/h1-5,19H/b18-5+. The van der Waals surface area contributed by atoms with Gasteiger partial charge in [-0.05, 0) is 6.07 Å². The normalized spacial score (nSPS) is 13.8. The van der Waals surface area contributed by atoms with Gasteiger partial charge in [-0.2, -0.15) is 35.8 Å². The third kappa shape index (κ3) is 3.32. The van der Waals surface area contributed by atoms with Gasteiger partial charge in [-0.1, -0.05) is 6.07 Å². The molecule has 0 aliphatic carbocycles. The van der Waals surface area contributed by atoms with E-state index in [1.54, 1.807) is 0 Å². The minimum absolute atomic E-state index is 0.140. The fourth-order valence-electron chi connectivity index (χ4n) is 0.888. The van der Waals surface area contributed by atoms with Crippen LogP contribution in [0.4, 0.5) is 30.7 Å². The molecule has 0 aliphatic rings. The Kier molecular flexibility index (Phi) is 4.01. The fourth-order valence-corrected chi connectivity index (χ4v) is 0.888. The molecule has 1 rings (SSSR count). The first kappa shape index (κ1) is 15.2. The van der Waals surface area contributed by atoms with E-state index in [1.165, 1.54) is 18.3 Å². The Morgan fingerprint density at radius 3 is 2.21 bits per heavy atom. The quantitative estimate of drug-likeness (QED) is 0.400. The van der Waals surface area contributed by atoms with Gasteiger partial charge in [0, 0.05) is 18.0 Å². The first-order valence-electron chi connectivity index (χ1n) is 4.60. The number of aromatic nitrogens is 1. The summed E-state index contributed by atoms with van der Waals surface area (Å²) < 4.78 is 85.4. The molecule has 106 valence electrons. The molecule has 0 amide bonds. The van der Waals surface area contributed by atoms with E-state index in [0.717, 1.165) is 6.20 Å². The minimum atomic E-state index is -6.40. The Morgan fingerprint density at radius 1 is 1.11 bits per heavy atom. The van der Waals surface area contributed by atoms with Gasteiger partial charge in [0.2, 0.25) is 0 Å². The predicted octanol–water partition coefficient (Wildman–Crippen LogP) is 2.80. The van der Waals surface area contributed by atoms with Gasteiger partial charge in [-0.15, -0.1) is 0 Å². The van der Waals surface area contributed by atoms with Crippen LogP contribution in [0.2, 0.25) is 0 Å². The summed E-state index contributed by atoms with van der Waals surface area (Å²) >= 11 is 0. The maximum absolute atomic E-state index is 12.7. The molecule has 1 N–H and O–H groups in total. The molecule has 19 heavy (non-hydrogen) atoms. The van der Waals surface area contributed by atoms with Crippen LogP contribution in [0.15, 0.2) is 29.6 Å². The summed E-state index contributed by atoms with van der Waals surface area (Å²) in [5.74, 6) is -6.24. The van der Waals surface area contributed by atoms with E-state index in [2.05, 4.69) is 10.1 Å². The summed E-state index contributed by atoms with van der Waals surface area (Å²) in [4.78, 5) is 3.55. The fraction of sp³-hybridized carbons (Fsp3) is 0.333. The molecule has 0 fully saturated rings. The molecule has 1 aromatic heterocycles. The number of halogens is 7. The van der Waals surface area contributed by atoms with Crippen LogP contribution in [0.1, 0.15) is 5.56 Å². The Balaban J connectivity index is 2.78. The molecule has 0 aromatic carbocycles. The zero-order valence-electron chi connectivity index (χ0n) is 8.93. The first-order chi connectivity index (χ1) is 8.58. The van der Waals surface area contributed by atoms with Crippen molar-refractivity contribution in [3.63, 3.8) is 0 Å². The van der Waals surface area contributed by atoms with Gasteiger partial charge < -0.3 is 0 Å². The zero-order valence-corrected chi connectivity index (χ0v) is 8.93. The smallest absolute Gasteiger partial charge is 0.264 e. The average molecular weight is 289 g/mol. The molecule has 3 nitrogen and oxygen atoms in total. The number of pyridine rings is 1. The minimum Gasteiger partial charge on any atom is -0.264 e. The highest BCUT2D eigenvalue weighted by atomic mass is 19.4. The summed E-state index contributed by atoms with van der Waals surface area (Å²) in [6.45, 7) is 0. The number of alkyl halides is 7. The molecular formula is C9H6F7N3. The van der Waals surface area contributed by atoms with Crippen LogP contribution in [0.25, 0.3) is 0 Å². The van der Waals surface area contributed by atoms with Crippen LogP contribution in [0.3, 0.4) is 0 Å². The van der Waals surface area contributed by atoms with Crippen molar-refractivity contribution in [1.82, 2.24) is 10.4 Å². The van der Waals surface area contributed by atoms with E-state index < -0.39 is 18.1 Å². The summed E-state index contributed by atoms with van der Waals surface area (Å²) in [6, 6.07) is -2.84. The highest BCUT2D eigenvalue weighted by molar-refractivity contribution is 5.78. The van der Waals surface area contributed by atoms with Gasteiger partial charge in [-0.25, -0.2) is 5.43 Å². The largest absolute Gasteiger partial charge is 0.462 e. The summed E-state index contributed by atoms with van der Waals surface area (Å²) in [7, 11) is 0. The summed E-state index contributed by atoms with van der Waals surface area (Å²) in [5.41, 5.74) is 0.633. The number of nitrogens with one attached hydrogen (secondary N) is 1. The first-order valence-corrected chi connectivity index (χ1v) is 4.60. The SMILES string of the molecule is FC(F)(F)C(F)(F)C(F)(F)N/N=C/c1cccnc1. The van der Waals surface area contributed by atoms with Crippen LogP contribution in [-0.4, -0.2) is 29.3 Å². The lowest BCUT2D eigenvalue weighted by Gasteiger charge is -2.27. The van der Waals surface area contributed by atoms with Gasteiger partial charge in [0.25, 0.3) is 0 Å². The van der Waals surface area contributed by atoms with Crippen molar-refractivity contribution in [2.24, 2.45) is 5.10 Å². The number of nitrogens with zero attached hydrogens (tertiary/aromatic N) is 2. The van der Waals surface area contributed by atoms with E-state index in [1.807, 2.05) is 0 Å². The topological polar surface area (TPSA) is 37.3 Å². The summed E-state index contributed by atoms with van der Waals surface area (Å²) in [5, 5.41) is 2.65. The molecule has 0 spiro atoms. The number of rotatable bonds is 4. The third-order valence-electron chi connectivity index (χ3n) is 1.85. The Hall–Kier alpha value is -1.87. The van der Waals surface area contributed by atoms with Crippen molar-refractivity contribution in [3.8, 4) is 0 Å². The molecule has 1 aromatic rings. The molecule has 0 radical (unpaired) electrons. The van der Waals surface area contributed by atoms with Crippen molar-refractivity contribution in [2.45, 2.75) is 18.1 Å². The van der Waals surface area contributed by atoms with E-state index >= 15 is 0 Å². The summed E-state index contributed by atoms with van der Waals surface area (Å²) in [6.07, 6.45) is -3.27. The molecular weight excluding hydrogens is 283 g/mol. The number of hydrogen-bond donors (Lipinski definition) is 1. The van der Waals surface area contributed by atoms with Gasteiger partial charge in [0.15, 0.2) is 0 Å². The maximum atomic E-state index is 12.7. The predicted molar refractivity (Wildman–Crippen MR) is 50.9 cm³/mol. The zero-order chi connectivity index (χ0) is 14.7. The molecule has 10 heteroatoms. The molecule has 0 aliphatic heterocycles. The second-order valence-electron chi connectivity index (χ2n) is 3.30. The van der Waals surface area contributed by atoms with E-state index in [9.17, 15) is 30.7 Å². The monoisotopic (exact) mass is 289 g/mol. The second kappa shape index (κ2) is 5.02. The van der Waals surface area contributed by atoms with Crippen LogP contribution in [0.5, 0.6) is 0 Å². The third-order valence-corrected chi connectivity index (χ3v) is 1.85. The van der Waals surface area contributed by atoms with E-state index in [-0.39, 0.29) is 5.56 Å². The van der Waals surface area contributed by atoms with Crippen molar-refractivity contribution in [3.05, 3.63) is 30.1 Å². The molecule has 0 bridgehead atoms. The van der Waals surface area contributed by atoms with Crippen LogP contribution < -0.4 is 5.43 Å². The lowest BCUT2D eigenvalue weighted by atomic mass is 10.3. The van der Waals surface area contributed by atoms with Crippen molar-refractivity contribution >= 4 is 6.21 Å². The van der Waals surface area contributed by atoms with Crippen molar-refractivity contribution < 1.29 is 30.7 Å². The van der Waals surface area contributed by atoms with Crippen molar-refractivity contribution in [1.29, 1.82) is 0 Å². The van der Waals surface area contributed by atoms with E-state index in [4.69, 9.17) is 0 Å².